The van der Waals surface area contributed by atoms with E-state index in [0.717, 1.165) is 36.0 Å². The molecule has 0 unspecified atom stereocenters. The molecule has 1 saturated heterocycles. The van der Waals surface area contributed by atoms with Crippen LogP contribution in [0.1, 0.15) is 33.2 Å². The van der Waals surface area contributed by atoms with E-state index in [1.807, 2.05) is 37.3 Å². The zero-order valence-corrected chi connectivity index (χ0v) is 12.9. The Kier molecular flexibility index (Phi) is 4.31. The van der Waals surface area contributed by atoms with Crippen LogP contribution in [0.2, 0.25) is 0 Å². The summed E-state index contributed by atoms with van der Waals surface area (Å²) in [5.74, 6) is -0.0659. The summed E-state index contributed by atoms with van der Waals surface area (Å²) in [7, 11) is 0. The van der Waals surface area contributed by atoms with Crippen molar-refractivity contribution in [1.82, 2.24) is 9.88 Å². The molecule has 1 aliphatic rings. The lowest BCUT2D eigenvalue weighted by molar-refractivity contribution is 0.103. The number of thiazole rings is 1. The third-order valence-electron chi connectivity index (χ3n) is 3.64. The first-order valence-electron chi connectivity index (χ1n) is 7.27. The number of likely N-dealkylation sites (tertiary alicyclic amines) is 1. The maximum absolute atomic E-state index is 12.3. The molecule has 21 heavy (non-hydrogen) atoms. The van der Waals surface area contributed by atoms with Gasteiger partial charge in [-0.15, -0.1) is 11.3 Å². The van der Waals surface area contributed by atoms with Crippen molar-refractivity contribution in [2.24, 2.45) is 0 Å². The Labute approximate surface area is 128 Å². The van der Waals surface area contributed by atoms with E-state index < -0.39 is 0 Å². The molecule has 0 saturated carbocycles. The van der Waals surface area contributed by atoms with Gasteiger partial charge < -0.3 is 5.32 Å². The lowest BCUT2D eigenvalue weighted by Crippen LogP contribution is -2.18. The minimum Gasteiger partial charge on any atom is -0.321 e. The van der Waals surface area contributed by atoms with Crippen LogP contribution < -0.4 is 5.32 Å². The number of carbonyl (C=O) groups is 1. The standard InChI is InChI=1S/C16H19N3OS/c1-12-15(16(20)18-13-7-3-2-4-8-13)21-14(17-12)11-19-9-5-6-10-19/h2-4,7-8H,5-6,9-11H2,1H3,(H,18,20). The number of benzene rings is 1. The molecule has 2 heterocycles. The fraction of sp³-hybridized carbons (Fsp3) is 0.375. The Hall–Kier alpha value is -1.72. The molecule has 1 N–H and O–H groups in total. The van der Waals surface area contributed by atoms with Gasteiger partial charge >= 0.3 is 0 Å². The van der Waals surface area contributed by atoms with Crippen LogP contribution in [-0.2, 0) is 6.54 Å². The predicted octanol–water partition coefficient (Wildman–Crippen LogP) is 3.30. The lowest BCUT2D eigenvalue weighted by atomic mass is 10.3. The van der Waals surface area contributed by atoms with Gasteiger partial charge in [0.05, 0.1) is 12.2 Å². The van der Waals surface area contributed by atoms with Gasteiger partial charge in [-0.3, -0.25) is 9.69 Å². The summed E-state index contributed by atoms with van der Waals surface area (Å²) in [5, 5.41) is 3.96. The summed E-state index contributed by atoms with van der Waals surface area (Å²) in [6, 6.07) is 9.53. The van der Waals surface area contributed by atoms with Gasteiger partial charge in [0.1, 0.15) is 9.88 Å². The average Bonchev–Trinajstić information content (AvgIpc) is 3.10. The number of hydrogen-bond acceptors (Lipinski definition) is 4. The molecule has 1 aliphatic heterocycles. The van der Waals surface area contributed by atoms with Crippen LogP contribution in [0.5, 0.6) is 0 Å². The van der Waals surface area contributed by atoms with Crippen molar-refractivity contribution in [1.29, 1.82) is 0 Å². The summed E-state index contributed by atoms with van der Waals surface area (Å²) < 4.78 is 0. The summed E-state index contributed by atoms with van der Waals surface area (Å²) in [6.45, 7) is 5.06. The van der Waals surface area contributed by atoms with Crippen LogP contribution in [-0.4, -0.2) is 28.9 Å². The van der Waals surface area contributed by atoms with E-state index in [4.69, 9.17) is 0 Å². The number of aryl methyl sites for hydroxylation is 1. The molecule has 0 spiro atoms. The van der Waals surface area contributed by atoms with E-state index in [-0.39, 0.29) is 5.91 Å². The monoisotopic (exact) mass is 301 g/mol. The van der Waals surface area contributed by atoms with Crippen LogP contribution in [0, 0.1) is 6.92 Å². The minimum atomic E-state index is -0.0659. The number of anilines is 1. The largest absolute Gasteiger partial charge is 0.321 e. The van der Waals surface area contributed by atoms with Crippen LogP contribution >= 0.6 is 11.3 Å². The molecule has 0 atom stereocenters. The van der Waals surface area contributed by atoms with Crippen LogP contribution in [0.4, 0.5) is 5.69 Å². The first-order chi connectivity index (χ1) is 10.2. The maximum atomic E-state index is 12.3. The highest BCUT2D eigenvalue weighted by atomic mass is 32.1. The van der Waals surface area contributed by atoms with Crippen LogP contribution in [0.25, 0.3) is 0 Å². The molecule has 0 radical (unpaired) electrons. The molecule has 1 aromatic carbocycles. The number of amides is 1. The molecule has 3 rings (SSSR count). The predicted molar refractivity (Wildman–Crippen MR) is 85.8 cm³/mol. The van der Waals surface area contributed by atoms with Crippen molar-refractivity contribution in [3.05, 3.63) is 45.9 Å². The maximum Gasteiger partial charge on any atom is 0.267 e. The molecule has 4 nitrogen and oxygen atoms in total. The Bertz CT molecular complexity index is 618. The van der Waals surface area contributed by atoms with Crippen molar-refractivity contribution in [3.8, 4) is 0 Å². The quantitative estimate of drug-likeness (QED) is 0.942. The first kappa shape index (κ1) is 14.2. The zero-order chi connectivity index (χ0) is 14.7. The van der Waals surface area contributed by atoms with Gasteiger partial charge in [0.2, 0.25) is 0 Å². The minimum absolute atomic E-state index is 0.0659. The van der Waals surface area contributed by atoms with E-state index in [1.165, 1.54) is 24.2 Å². The number of aromatic nitrogens is 1. The average molecular weight is 301 g/mol. The third-order valence-corrected chi connectivity index (χ3v) is 4.78. The Morgan fingerprint density at radius 3 is 2.71 bits per heavy atom. The third kappa shape index (κ3) is 3.49. The SMILES string of the molecule is Cc1nc(CN2CCCC2)sc1C(=O)Nc1ccccc1. The van der Waals surface area contributed by atoms with E-state index in [2.05, 4.69) is 15.2 Å². The molecule has 1 aromatic heterocycles. The Balaban J connectivity index is 1.69. The summed E-state index contributed by atoms with van der Waals surface area (Å²) in [6.07, 6.45) is 2.54. The van der Waals surface area contributed by atoms with Gasteiger partial charge in [-0.25, -0.2) is 4.98 Å². The van der Waals surface area contributed by atoms with Crippen molar-refractivity contribution in [2.45, 2.75) is 26.3 Å². The highest BCUT2D eigenvalue weighted by Gasteiger charge is 2.18. The summed E-state index contributed by atoms with van der Waals surface area (Å²) in [4.78, 5) is 20.0. The second-order valence-electron chi connectivity index (χ2n) is 5.33. The van der Waals surface area contributed by atoms with Crippen molar-refractivity contribution in [3.63, 3.8) is 0 Å². The summed E-state index contributed by atoms with van der Waals surface area (Å²) >= 11 is 1.51. The van der Waals surface area contributed by atoms with E-state index in [1.54, 1.807) is 0 Å². The summed E-state index contributed by atoms with van der Waals surface area (Å²) in [5.41, 5.74) is 1.64. The van der Waals surface area contributed by atoms with Crippen molar-refractivity contribution >= 4 is 22.9 Å². The normalized spacial score (nSPS) is 15.3. The molecule has 0 bridgehead atoms. The van der Waals surface area contributed by atoms with Crippen LogP contribution in [0.15, 0.2) is 30.3 Å². The number of rotatable bonds is 4. The van der Waals surface area contributed by atoms with Crippen molar-refractivity contribution in [2.75, 3.05) is 18.4 Å². The number of nitrogens with one attached hydrogen (secondary N) is 1. The van der Waals surface area contributed by atoms with E-state index in [9.17, 15) is 4.79 Å². The van der Waals surface area contributed by atoms with E-state index >= 15 is 0 Å². The molecule has 1 amide bonds. The Morgan fingerprint density at radius 2 is 2.00 bits per heavy atom. The topological polar surface area (TPSA) is 45.2 Å². The second-order valence-corrected chi connectivity index (χ2v) is 6.41. The molecule has 0 aliphatic carbocycles. The number of nitrogens with zero attached hydrogens (tertiary/aromatic N) is 2. The second kappa shape index (κ2) is 6.37. The lowest BCUT2D eigenvalue weighted by Gasteiger charge is -2.11. The fourth-order valence-corrected chi connectivity index (χ4v) is 3.57. The molecule has 110 valence electrons. The van der Waals surface area contributed by atoms with Gasteiger partial charge in [0.15, 0.2) is 0 Å². The smallest absolute Gasteiger partial charge is 0.267 e. The molecular weight excluding hydrogens is 282 g/mol. The highest BCUT2D eigenvalue weighted by Crippen LogP contribution is 2.22. The van der Waals surface area contributed by atoms with Gasteiger partial charge in [-0.2, -0.15) is 0 Å². The molecule has 1 fully saturated rings. The molecule has 2 aromatic rings. The number of para-hydroxylation sites is 1. The first-order valence-corrected chi connectivity index (χ1v) is 8.09. The van der Waals surface area contributed by atoms with Crippen molar-refractivity contribution < 1.29 is 4.79 Å². The number of hydrogen-bond donors (Lipinski definition) is 1. The highest BCUT2D eigenvalue weighted by molar-refractivity contribution is 7.13. The van der Waals surface area contributed by atoms with Crippen LogP contribution in [0.3, 0.4) is 0 Å². The molecular formula is C16H19N3OS. The van der Waals surface area contributed by atoms with Gasteiger partial charge in [0, 0.05) is 5.69 Å². The number of carbonyl (C=O) groups excluding carboxylic acids is 1. The Morgan fingerprint density at radius 1 is 1.29 bits per heavy atom. The van der Waals surface area contributed by atoms with Gasteiger partial charge in [0.25, 0.3) is 5.91 Å². The van der Waals surface area contributed by atoms with Gasteiger partial charge in [-0.1, -0.05) is 18.2 Å². The van der Waals surface area contributed by atoms with Gasteiger partial charge in [-0.05, 0) is 45.0 Å². The zero-order valence-electron chi connectivity index (χ0n) is 12.1. The molecule has 5 heteroatoms. The van der Waals surface area contributed by atoms with E-state index in [0.29, 0.717) is 4.88 Å². The fourth-order valence-electron chi connectivity index (χ4n) is 2.57.